The van der Waals surface area contributed by atoms with Gasteiger partial charge in [0.25, 0.3) is 5.91 Å². The van der Waals surface area contributed by atoms with E-state index in [0.717, 1.165) is 43.9 Å². The Morgan fingerprint density at radius 3 is 2.36 bits per heavy atom. The van der Waals surface area contributed by atoms with Crippen molar-refractivity contribution >= 4 is 11.6 Å². The van der Waals surface area contributed by atoms with Crippen molar-refractivity contribution in [3.8, 4) is 0 Å². The molecule has 0 heterocycles. The molecule has 1 aromatic rings. The molecule has 0 aliphatic rings. The standard InChI is InChI=1S/C18H31N3O/c1-6-20(7-2)10-11-21(13-14(3)4)18(22)17-12-16(19)9-8-15(17)5/h8-9,12,14H,6-7,10-11,13,19H2,1-5H3. The minimum absolute atomic E-state index is 0.0886. The maximum Gasteiger partial charge on any atom is 0.254 e. The van der Waals surface area contributed by atoms with Gasteiger partial charge in [0.15, 0.2) is 0 Å². The van der Waals surface area contributed by atoms with E-state index in [2.05, 4.69) is 32.6 Å². The number of aryl methyl sites for hydroxylation is 1. The van der Waals surface area contributed by atoms with Crippen molar-refractivity contribution in [2.75, 3.05) is 38.5 Å². The highest BCUT2D eigenvalue weighted by atomic mass is 16.2. The van der Waals surface area contributed by atoms with Gasteiger partial charge in [0.2, 0.25) is 0 Å². The minimum atomic E-state index is 0.0886. The number of carbonyl (C=O) groups excluding carboxylic acids is 1. The number of hydrogen-bond donors (Lipinski definition) is 1. The molecule has 2 N–H and O–H groups in total. The Labute approximate surface area is 135 Å². The third-order valence-corrected chi connectivity index (χ3v) is 3.95. The molecule has 124 valence electrons. The summed E-state index contributed by atoms with van der Waals surface area (Å²) in [6.07, 6.45) is 0. The van der Waals surface area contributed by atoms with E-state index >= 15 is 0 Å². The molecule has 0 radical (unpaired) electrons. The van der Waals surface area contributed by atoms with Crippen molar-refractivity contribution in [3.63, 3.8) is 0 Å². The molecule has 0 aromatic heterocycles. The Kier molecular flexibility index (Phi) is 7.39. The molecule has 0 aliphatic heterocycles. The van der Waals surface area contributed by atoms with Crippen LogP contribution in [0.25, 0.3) is 0 Å². The Balaban J connectivity index is 2.90. The monoisotopic (exact) mass is 305 g/mol. The largest absolute Gasteiger partial charge is 0.399 e. The van der Waals surface area contributed by atoms with Crippen LogP contribution < -0.4 is 5.73 Å². The molecular weight excluding hydrogens is 274 g/mol. The van der Waals surface area contributed by atoms with Gasteiger partial charge in [-0.2, -0.15) is 0 Å². The summed E-state index contributed by atoms with van der Waals surface area (Å²) in [4.78, 5) is 17.2. The number of nitrogen functional groups attached to an aromatic ring is 1. The second-order valence-electron chi connectivity index (χ2n) is 6.25. The van der Waals surface area contributed by atoms with E-state index in [9.17, 15) is 4.79 Å². The van der Waals surface area contributed by atoms with Gasteiger partial charge in [-0.15, -0.1) is 0 Å². The number of anilines is 1. The number of carbonyl (C=O) groups is 1. The minimum Gasteiger partial charge on any atom is -0.399 e. The van der Waals surface area contributed by atoms with Gasteiger partial charge >= 0.3 is 0 Å². The van der Waals surface area contributed by atoms with E-state index in [-0.39, 0.29) is 5.91 Å². The molecule has 0 spiro atoms. The SMILES string of the molecule is CCN(CC)CCN(CC(C)C)C(=O)c1cc(N)ccc1C. The average Bonchev–Trinajstić information content (AvgIpc) is 2.48. The van der Waals surface area contributed by atoms with Crippen LogP contribution in [0.4, 0.5) is 5.69 Å². The molecule has 0 bridgehead atoms. The highest BCUT2D eigenvalue weighted by Crippen LogP contribution is 2.16. The van der Waals surface area contributed by atoms with Gasteiger partial charge in [-0.1, -0.05) is 33.8 Å². The van der Waals surface area contributed by atoms with Crippen molar-refractivity contribution in [1.29, 1.82) is 0 Å². The fourth-order valence-electron chi connectivity index (χ4n) is 2.56. The summed E-state index contributed by atoms with van der Waals surface area (Å²) >= 11 is 0. The summed E-state index contributed by atoms with van der Waals surface area (Å²) in [6.45, 7) is 15.0. The van der Waals surface area contributed by atoms with Gasteiger partial charge in [-0.25, -0.2) is 0 Å². The lowest BCUT2D eigenvalue weighted by Crippen LogP contribution is -2.40. The van der Waals surface area contributed by atoms with E-state index in [1.165, 1.54) is 0 Å². The number of likely N-dealkylation sites (N-methyl/N-ethyl adjacent to an activating group) is 1. The number of rotatable bonds is 8. The van der Waals surface area contributed by atoms with E-state index in [1.54, 1.807) is 6.07 Å². The van der Waals surface area contributed by atoms with E-state index in [0.29, 0.717) is 11.6 Å². The van der Waals surface area contributed by atoms with Gasteiger partial charge in [-0.3, -0.25) is 4.79 Å². The maximum atomic E-state index is 12.9. The molecule has 1 rings (SSSR count). The van der Waals surface area contributed by atoms with Crippen LogP contribution >= 0.6 is 0 Å². The van der Waals surface area contributed by atoms with Crippen molar-refractivity contribution < 1.29 is 4.79 Å². The van der Waals surface area contributed by atoms with Crippen LogP contribution in [0.5, 0.6) is 0 Å². The highest BCUT2D eigenvalue weighted by molar-refractivity contribution is 5.96. The molecule has 0 atom stereocenters. The Hall–Kier alpha value is -1.55. The summed E-state index contributed by atoms with van der Waals surface area (Å²) < 4.78 is 0. The van der Waals surface area contributed by atoms with Gasteiger partial charge < -0.3 is 15.5 Å². The third-order valence-electron chi connectivity index (χ3n) is 3.95. The summed E-state index contributed by atoms with van der Waals surface area (Å²) in [6, 6.07) is 5.55. The molecule has 0 saturated carbocycles. The fourth-order valence-corrected chi connectivity index (χ4v) is 2.56. The molecule has 1 aromatic carbocycles. The van der Waals surface area contributed by atoms with Crippen molar-refractivity contribution in [2.24, 2.45) is 5.92 Å². The van der Waals surface area contributed by atoms with E-state index in [1.807, 2.05) is 24.0 Å². The predicted molar refractivity (Wildman–Crippen MR) is 94.1 cm³/mol. The first-order chi connectivity index (χ1) is 10.4. The molecular formula is C18H31N3O. The van der Waals surface area contributed by atoms with E-state index < -0.39 is 0 Å². The van der Waals surface area contributed by atoms with Crippen LogP contribution in [0.2, 0.25) is 0 Å². The zero-order valence-electron chi connectivity index (χ0n) is 14.7. The number of hydrogen-bond acceptors (Lipinski definition) is 3. The number of nitrogens with zero attached hydrogens (tertiary/aromatic N) is 2. The molecule has 0 aliphatic carbocycles. The lowest BCUT2D eigenvalue weighted by Gasteiger charge is -2.28. The van der Waals surface area contributed by atoms with Crippen LogP contribution in [-0.2, 0) is 0 Å². The van der Waals surface area contributed by atoms with Gasteiger partial charge in [0, 0.05) is 30.9 Å². The second kappa shape index (κ2) is 8.79. The number of benzene rings is 1. The Morgan fingerprint density at radius 2 is 1.82 bits per heavy atom. The topological polar surface area (TPSA) is 49.6 Å². The van der Waals surface area contributed by atoms with Gasteiger partial charge in [0.1, 0.15) is 0 Å². The quantitative estimate of drug-likeness (QED) is 0.751. The zero-order chi connectivity index (χ0) is 16.7. The van der Waals surface area contributed by atoms with Crippen LogP contribution in [0, 0.1) is 12.8 Å². The van der Waals surface area contributed by atoms with Crippen LogP contribution in [0.1, 0.15) is 43.6 Å². The summed E-state index contributed by atoms with van der Waals surface area (Å²) in [5.74, 6) is 0.535. The normalized spacial score (nSPS) is 11.2. The first-order valence-corrected chi connectivity index (χ1v) is 8.26. The average molecular weight is 305 g/mol. The predicted octanol–water partition coefficient (Wildman–Crippen LogP) is 3.02. The third kappa shape index (κ3) is 5.34. The maximum absolute atomic E-state index is 12.9. The van der Waals surface area contributed by atoms with Gasteiger partial charge in [-0.05, 0) is 43.6 Å². The molecule has 22 heavy (non-hydrogen) atoms. The van der Waals surface area contributed by atoms with Crippen molar-refractivity contribution in [1.82, 2.24) is 9.80 Å². The molecule has 4 heteroatoms. The van der Waals surface area contributed by atoms with Gasteiger partial charge in [0.05, 0.1) is 0 Å². The molecule has 0 unspecified atom stereocenters. The fraction of sp³-hybridized carbons (Fsp3) is 0.611. The second-order valence-corrected chi connectivity index (χ2v) is 6.25. The molecule has 1 amide bonds. The first-order valence-electron chi connectivity index (χ1n) is 8.26. The number of amides is 1. The number of nitrogens with two attached hydrogens (primary N) is 1. The smallest absolute Gasteiger partial charge is 0.254 e. The van der Waals surface area contributed by atoms with E-state index in [4.69, 9.17) is 5.73 Å². The van der Waals surface area contributed by atoms with Crippen molar-refractivity contribution in [2.45, 2.75) is 34.6 Å². The summed E-state index contributed by atoms with van der Waals surface area (Å²) in [5, 5.41) is 0. The lowest BCUT2D eigenvalue weighted by molar-refractivity contribution is 0.0716. The summed E-state index contributed by atoms with van der Waals surface area (Å²) in [5.41, 5.74) is 8.20. The van der Waals surface area contributed by atoms with Crippen LogP contribution in [-0.4, -0.2) is 48.4 Å². The molecule has 4 nitrogen and oxygen atoms in total. The van der Waals surface area contributed by atoms with Crippen molar-refractivity contribution in [3.05, 3.63) is 29.3 Å². The first kappa shape index (κ1) is 18.5. The highest BCUT2D eigenvalue weighted by Gasteiger charge is 2.19. The molecule has 0 saturated heterocycles. The summed E-state index contributed by atoms with van der Waals surface area (Å²) in [7, 11) is 0. The lowest BCUT2D eigenvalue weighted by atomic mass is 10.1. The zero-order valence-corrected chi connectivity index (χ0v) is 14.7. The Bertz CT molecular complexity index is 481. The van der Waals surface area contributed by atoms with Crippen LogP contribution in [0.15, 0.2) is 18.2 Å². The molecule has 0 fully saturated rings. The van der Waals surface area contributed by atoms with Crippen LogP contribution in [0.3, 0.4) is 0 Å². The Morgan fingerprint density at radius 1 is 1.18 bits per heavy atom.